The van der Waals surface area contributed by atoms with Crippen LogP contribution in [0.4, 0.5) is 0 Å². The standard InChI is InChI=1S/C23H34N6O4/c1-23(2,3)20(29-12-18(25-27-29)14-6-7-14)22(32)28-11-15(30)8-19(28)21(31)24-10-16-9-17(26-33-16)13-4-5-13/h12-16,19-20,30H,4-11H2,1-3H3,(H,24,31)/t15?,16?,19?,20-/m1/s1. The van der Waals surface area contributed by atoms with E-state index in [1.54, 1.807) is 4.68 Å². The molecule has 2 aliphatic carbocycles. The predicted molar refractivity (Wildman–Crippen MR) is 119 cm³/mol. The summed E-state index contributed by atoms with van der Waals surface area (Å²) in [6.07, 6.45) is 6.45. The summed E-state index contributed by atoms with van der Waals surface area (Å²) in [6, 6.07) is -1.35. The van der Waals surface area contributed by atoms with Crippen molar-refractivity contribution in [3.05, 3.63) is 11.9 Å². The van der Waals surface area contributed by atoms with E-state index >= 15 is 0 Å². The zero-order chi connectivity index (χ0) is 23.3. The van der Waals surface area contributed by atoms with Gasteiger partial charge in [-0.1, -0.05) is 31.1 Å². The minimum atomic E-state index is -0.740. The molecule has 3 unspecified atom stereocenters. The maximum absolute atomic E-state index is 13.7. The number of β-amino-alcohol motifs (C(OH)–C–C–N with tert-alkyl or cyclic N) is 1. The summed E-state index contributed by atoms with van der Waals surface area (Å²) in [5.74, 6) is 0.496. The molecule has 5 rings (SSSR count). The Labute approximate surface area is 193 Å². The van der Waals surface area contributed by atoms with Gasteiger partial charge in [-0.25, -0.2) is 4.68 Å². The molecule has 0 radical (unpaired) electrons. The van der Waals surface area contributed by atoms with Gasteiger partial charge in [-0.15, -0.1) is 5.10 Å². The highest BCUT2D eigenvalue weighted by atomic mass is 16.6. The van der Waals surface area contributed by atoms with Gasteiger partial charge in [0.2, 0.25) is 11.8 Å². The molecule has 0 aromatic carbocycles. The Morgan fingerprint density at radius 3 is 2.64 bits per heavy atom. The molecule has 180 valence electrons. The Balaban J connectivity index is 1.26. The Hall–Kier alpha value is -2.49. The largest absolute Gasteiger partial charge is 0.391 e. The molecular weight excluding hydrogens is 424 g/mol. The summed E-state index contributed by atoms with van der Waals surface area (Å²) >= 11 is 0. The predicted octanol–water partition coefficient (Wildman–Crippen LogP) is 1.38. The van der Waals surface area contributed by atoms with Gasteiger partial charge in [-0.05, 0) is 31.1 Å². The van der Waals surface area contributed by atoms with Crippen molar-refractivity contribution in [1.82, 2.24) is 25.2 Å². The normalized spacial score (nSPS) is 28.4. The number of nitrogens with zero attached hydrogens (tertiary/aromatic N) is 5. The van der Waals surface area contributed by atoms with Crippen LogP contribution in [0.3, 0.4) is 0 Å². The highest BCUT2D eigenvalue weighted by molar-refractivity contribution is 5.91. The second kappa shape index (κ2) is 8.38. The van der Waals surface area contributed by atoms with Gasteiger partial charge in [0.1, 0.15) is 18.2 Å². The number of carbonyl (C=O) groups excluding carboxylic acids is 2. The minimum Gasteiger partial charge on any atom is -0.391 e. The molecule has 3 heterocycles. The van der Waals surface area contributed by atoms with E-state index in [4.69, 9.17) is 4.84 Å². The van der Waals surface area contributed by atoms with E-state index in [-0.39, 0.29) is 30.9 Å². The number of carbonyl (C=O) groups is 2. The number of likely N-dealkylation sites (tertiary alicyclic amines) is 1. The third-order valence-corrected chi connectivity index (χ3v) is 7.02. The molecule has 3 fully saturated rings. The van der Waals surface area contributed by atoms with E-state index in [2.05, 4.69) is 20.8 Å². The molecule has 1 aromatic heterocycles. The fourth-order valence-corrected chi connectivity index (χ4v) is 4.88. The molecule has 10 nitrogen and oxygen atoms in total. The quantitative estimate of drug-likeness (QED) is 0.637. The number of oxime groups is 1. The van der Waals surface area contributed by atoms with E-state index < -0.39 is 23.6 Å². The Morgan fingerprint density at radius 2 is 1.97 bits per heavy atom. The first-order valence-electron chi connectivity index (χ1n) is 12.1. The van der Waals surface area contributed by atoms with Crippen molar-refractivity contribution in [2.45, 2.75) is 89.5 Å². The second-order valence-corrected chi connectivity index (χ2v) is 11.1. The number of rotatable bonds is 7. The van der Waals surface area contributed by atoms with Crippen molar-refractivity contribution in [3.63, 3.8) is 0 Å². The fraction of sp³-hybridized carbons (Fsp3) is 0.783. The monoisotopic (exact) mass is 458 g/mol. The summed E-state index contributed by atoms with van der Waals surface area (Å²) in [5.41, 5.74) is 1.56. The highest BCUT2D eigenvalue weighted by Crippen LogP contribution is 2.40. The molecule has 4 atom stereocenters. The van der Waals surface area contributed by atoms with Gasteiger partial charge in [0.15, 0.2) is 0 Å². The van der Waals surface area contributed by atoms with Crippen molar-refractivity contribution in [2.24, 2.45) is 16.5 Å². The molecule has 0 bridgehead atoms. The van der Waals surface area contributed by atoms with E-state index in [0.717, 1.165) is 30.7 Å². The van der Waals surface area contributed by atoms with Crippen molar-refractivity contribution in [3.8, 4) is 0 Å². The van der Waals surface area contributed by atoms with Crippen molar-refractivity contribution >= 4 is 17.5 Å². The van der Waals surface area contributed by atoms with Gasteiger partial charge in [0.25, 0.3) is 0 Å². The number of aromatic nitrogens is 3. The Bertz CT molecular complexity index is 945. The van der Waals surface area contributed by atoms with Crippen molar-refractivity contribution < 1.29 is 19.5 Å². The molecule has 1 aromatic rings. The first-order valence-corrected chi connectivity index (χ1v) is 12.1. The number of aliphatic hydroxyl groups excluding tert-OH is 1. The number of hydrogen-bond acceptors (Lipinski definition) is 7. The molecule has 2 N–H and O–H groups in total. The Kier molecular flexibility index (Phi) is 5.66. The van der Waals surface area contributed by atoms with E-state index in [0.29, 0.717) is 18.4 Å². The van der Waals surface area contributed by atoms with Gasteiger partial charge < -0.3 is 20.2 Å². The first kappa shape index (κ1) is 22.3. The van der Waals surface area contributed by atoms with Crippen LogP contribution in [0.5, 0.6) is 0 Å². The average Bonchev–Trinajstić information content (AvgIpc) is 3.65. The molecule has 4 aliphatic rings. The molecule has 1 saturated heterocycles. The van der Waals surface area contributed by atoms with Crippen molar-refractivity contribution in [2.75, 3.05) is 13.1 Å². The molecule has 0 spiro atoms. The van der Waals surface area contributed by atoms with E-state index in [1.807, 2.05) is 27.0 Å². The smallest absolute Gasteiger partial charge is 0.248 e. The van der Waals surface area contributed by atoms with E-state index in [9.17, 15) is 14.7 Å². The SMILES string of the molecule is CC(C)(C)[C@@H](C(=O)N1CC(O)CC1C(=O)NCC1CC(C2CC2)=NO1)n1cc(C2CC2)nn1. The van der Waals surface area contributed by atoms with Crippen LogP contribution in [-0.4, -0.2) is 73.9 Å². The van der Waals surface area contributed by atoms with Gasteiger partial charge in [0.05, 0.1) is 24.1 Å². The third-order valence-electron chi connectivity index (χ3n) is 7.02. The van der Waals surface area contributed by atoms with Crippen LogP contribution in [0.2, 0.25) is 0 Å². The molecule has 10 heteroatoms. The van der Waals surface area contributed by atoms with Crippen LogP contribution in [0.15, 0.2) is 11.4 Å². The summed E-state index contributed by atoms with van der Waals surface area (Å²) < 4.78 is 1.64. The zero-order valence-corrected chi connectivity index (χ0v) is 19.6. The molecule has 33 heavy (non-hydrogen) atoms. The fourth-order valence-electron chi connectivity index (χ4n) is 4.88. The van der Waals surface area contributed by atoms with Crippen LogP contribution < -0.4 is 5.32 Å². The number of nitrogens with one attached hydrogen (secondary N) is 1. The third kappa shape index (κ3) is 4.76. The van der Waals surface area contributed by atoms with Crippen LogP contribution in [0.25, 0.3) is 0 Å². The maximum atomic E-state index is 13.7. The summed E-state index contributed by atoms with van der Waals surface area (Å²) in [5, 5.41) is 26.0. The summed E-state index contributed by atoms with van der Waals surface area (Å²) in [4.78, 5) is 33.8. The van der Waals surface area contributed by atoms with Gasteiger partial charge >= 0.3 is 0 Å². The van der Waals surface area contributed by atoms with Crippen LogP contribution in [0.1, 0.15) is 76.9 Å². The lowest BCUT2D eigenvalue weighted by Crippen LogP contribution is -2.51. The maximum Gasteiger partial charge on any atom is 0.248 e. The Morgan fingerprint density at radius 1 is 1.24 bits per heavy atom. The lowest BCUT2D eigenvalue weighted by molar-refractivity contribution is -0.144. The molecule has 2 saturated carbocycles. The van der Waals surface area contributed by atoms with Gasteiger partial charge in [-0.2, -0.15) is 0 Å². The minimum absolute atomic E-state index is 0.128. The van der Waals surface area contributed by atoms with Crippen LogP contribution >= 0.6 is 0 Å². The van der Waals surface area contributed by atoms with Crippen LogP contribution in [0, 0.1) is 11.3 Å². The molecule has 2 aliphatic heterocycles. The molecular formula is C23H34N6O4. The number of hydrogen-bond donors (Lipinski definition) is 2. The second-order valence-electron chi connectivity index (χ2n) is 11.1. The zero-order valence-electron chi connectivity index (χ0n) is 19.6. The average molecular weight is 459 g/mol. The highest BCUT2D eigenvalue weighted by Gasteiger charge is 2.45. The lowest BCUT2D eigenvalue weighted by Gasteiger charge is -2.34. The lowest BCUT2D eigenvalue weighted by atomic mass is 9.85. The van der Waals surface area contributed by atoms with Gasteiger partial charge in [-0.3, -0.25) is 9.59 Å². The van der Waals surface area contributed by atoms with Gasteiger partial charge in [0, 0.05) is 37.4 Å². The number of amides is 2. The van der Waals surface area contributed by atoms with E-state index in [1.165, 1.54) is 17.7 Å². The summed E-state index contributed by atoms with van der Waals surface area (Å²) in [6.45, 7) is 6.39. The summed E-state index contributed by atoms with van der Waals surface area (Å²) in [7, 11) is 0. The van der Waals surface area contributed by atoms with Crippen LogP contribution in [-0.2, 0) is 14.4 Å². The molecule has 2 amide bonds. The topological polar surface area (TPSA) is 122 Å². The number of aliphatic hydroxyl groups is 1. The van der Waals surface area contributed by atoms with Crippen molar-refractivity contribution in [1.29, 1.82) is 0 Å². The first-order chi connectivity index (χ1) is 15.7.